The average Bonchev–Trinajstić information content (AvgIpc) is 2.25. The van der Waals surface area contributed by atoms with Crippen LogP contribution in [-0.4, -0.2) is 23.3 Å². The Labute approximate surface area is 97.5 Å². The van der Waals surface area contributed by atoms with Gasteiger partial charge in [0.25, 0.3) is 0 Å². The van der Waals surface area contributed by atoms with Crippen LogP contribution in [0.25, 0.3) is 0 Å². The summed E-state index contributed by atoms with van der Waals surface area (Å²) >= 11 is 0. The first-order chi connectivity index (χ1) is 7.68. The van der Waals surface area contributed by atoms with E-state index >= 15 is 0 Å². The van der Waals surface area contributed by atoms with Crippen LogP contribution < -0.4 is 0 Å². The molecular formula is C13H22O3. The summed E-state index contributed by atoms with van der Waals surface area (Å²) in [7, 11) is 0. The van der Waals surface area contributed by atoms with E-state index in [1.807, 2.05) is 6.92 Å². The number of aliphatic hydroxyl groups is 1. The number of ether oxygens (including phenoxy) is 1. The molecule has 3 nitrogen and oxygen atoms in total. The monoisotopic (exact) mass is 226 g/mol. The van der Waals surface area contributed by atoms with Gasteiger partial charge in [-0.3, -0.25) is 0 Å². The third-order valence-corrected chi connectivity index (χ3v) is 2.88. The quantitative estimate of drug-likeness (QED) is 0.646. The van der Waals surface area contributed by atoms with E-state index < -0.39 is 6.10 Å². The third-order valence-electron chi connectivity index (χ3n) is 2.88. The third kappa shape index (κ3) is 5.91. The van der Waals surface area contributed by atoms with Crippen LogP contribution in [0.4, 0.5) is 0 Å². The lowest BCUT2D eigenvalue weighted by atomic mass is 10.1. The van der Waals surface area contributed by atoms with Gasteiger partial charge < -0.3 is 9.84 Å². The zero-order chi connectivity index (χ0) is 11.8. The van der Waals surface area contributed by atoms with E-state index in [0.717, 1.165) is 32.1 Å². The standard InChI is InChI=1S/C13H22O3/c1-11-7-5-3-2-4-6-8-12(14)9-10-13(15)16-11/h9-12,14H,2-8H2,1H3/b10-9+. The lowest BCUT2D eigenvalue weighted by molar-refractivity contribution is -0.142. The molecule has 0 aromatic heterocycles. The fourth-order valence-corrected chi connectivity index (χ4v) is 1.90. The van der Waals surface area contributed by atoms with Crippen LogP contribution in [0.5, 0.6) is 0 Å². The highest BCUT2D eigenvalue weighted by Crippen LogP contribution is 2.12. The van der Waals surface area contributed by atoms with Crippen molar-refractivity contribution in [2.75, 3.05) is 0 Å². The van der Waals surface area contributed by atoms with Gasteiger partial charge in [-0.2, -0.15) is 0 Å². The second-order valence-corrected chi connectivity index (χ2v) is 4.52. The molecule has 16 heavy (non-hydrogen) atoms. The molecule has 0 fully saturated rings. The molecule has 1 rings (SSSR count). The van der Waals surface area contributed by atoms with Crippen molar-refractivity contribution in [1.82, 2.24) is 0 Å². The highest BCUT2D eigenvalue weighted by molar-refractivity contribution is 5.82. The highest BCUT2D eigenvalue weighted by atomic mass is 16.5. The average molecular weight is 226 g/mol. The zero-order valence-electron chi connectivity index (χ0n) is 10.0. The molecule has 0 saturated carbocycles. The van der Waals surface area contributed by atoms with Crippen molar-refractivity contribution in [1.29, 1.82) is 0 Å². The van der Waals surface area contributed by atoms with Crippen molar-refractivity contribution in [2.45, 2.75) is 64.1 Å². The first-order valence-corrected chi connectivity index (χ1v) is 6.25. The van der Waals surface area contributed by atoms with Crippen LogP contribution >= 0.6 is 0 Å². The zero-order valence-corrected chi connectivity index (χ0v) is 10.0. The Kier molecular flexibility index (Phi) is 6.16. The lowest BCUT2D eigenvalue weighted by Gasteiger charge is -2.11. The van der Waals surface area contributed by atoms with Gasteiger partial charge in [0.1, 0.15) is 0 Å². The number of rotatable bonds is 0. The molecule has 2 unspecified atom stereocenters. The Morgan fingerprint density at radius 1 is 1.19 bits per heavy atom. The van der Waals surface area contributed by atoms with Gasteiger partial charge in [0.15, 0.2) is 0 Å². The number of carbonyl (C=O) groups is 1. The summed E-state index contributed by atoms with van der Waals surface area (Å²) in [4.78, 5) is 11.3. The van der Waals surface area contributed by atoms with Gasteiger partial charge in [-0.15, -0.1) is 0 Å². The molecule has 2 atom stereocenters. The summed E-state index contributed by atoms with van der Waals surface area (Å²) in [6.07, 6.45) is 9.71. The molecule has 0 radical (unpaired) electrons. The molecule has 0 aliphatic carbocycles. The maximum Gasteiger partial charge on any atom is 0.330 e. The van der Waals surface area contributed by atoms with Gasteiger partial charge in [0, 0.05) is 6.08 Å². The van der Waals surface area contributed by atoms with E-state index in [-0.39, 0.29) is 12.1 Å². The van der Waals surface area contributed by atoms with Crippen molar-refractivity contribution < 1.29 is 14.6 Å². The molecule has 0 aromatic carbocycles. The minimum Gasteiger partial charge on any atom is -0.460 e. The van der Waals surface area contributed by atoms with Gasteiger partial charge in [-0.25, -0.2) is 4.79 Å². The minimum atomic E-state index is -0.511. The van der Waals surface area contributed by atoms with Crippen molar-refractivity contribution in [3.63, 3.8) is 0 Å². The maximum atomic E-state index is 11.3. The summed E-state index contributed by atoms with van der Waals surface area (Å²) < 4.78 is 5.18. The van der Waals surface area contributed by atoms with Crippen molar-refractivity contribution in [3.05, 3.63) is 12.2 Å². The Morgan fingerprint density at radius 2 is 1.81 bits per heavy atom. The van der Waals surface area contributed by atoms with E-state index in [9.17, 15) is 9.90 Å². The van der Waals surface area contributed by atoms with Gasteiger partial charge in [-0.1, -0.05) is 25.7 Å². The molecule has 1 heterocycles. The molecular weight excluding hydrogens is 204 g/mol. The van der Waals surface area contributed by atoms with Crippen molar-refractivity contribution in [2.24, 2.45) is 0 Å². The first-order valence-electron chi connectivity index (χ1n) is 6.25. The fraction of sp³-hybridized carbons (Fsp3) is 0.769. The van der Waals surface area contributed by atoms with E-state index in [4.69, 9.17) is 4.74 Å². The van der Waals surface area contributed by atoms with Crippen LogP contribution in [0.15, 0.2) is 12.2 Å². The number of carbonyl (C=O) groups excluding carboxylic acids is 1. The summed E-state index contributed by atoms with van der Waals surface area (Å²) in [5.41, 5.74) is 0. The molecule has 92 valence electrons. The summed E-state index contributed by atoms with van der Waals surface area (Å²) in [6.45, 7) is 1.92. The Bertz CT molecular complexity index is 235. The van der Waals surface area contributed by atoms with Gasteiger partial charge in [-0.05, 0) is 32.3 Å². The number of cyclic esters (lactones) is 1. The molecule has 3 heteroatoms. The van der Waals surface area contributed by atoms with Crippen molar-refractivity contribution in [3.8, 4) is 0 Å². The van der Waals surface area contributed by atoms with Gasteiger partial charge in [0.2, 0.25) is 0 Å². The molecule has 0 bridgehead atoms. The predicted octanol–water partition coefficient (Wildman–Crippen LogP) is 2.58. The number of esters is 1. The number of aliphatic hydroxyl groups excluding tert-OH is 1. The predicted molar refractivity (Wildman–Crippen MR) is 63.0 cm³/mol. The van der Waals surface area contributed by atoms with E-state index in [0.29, 0.717) is 0 Å². The largest absolute Gasteiger partial charge is 0.460 e. The van der Waals surface area contributed by atoms with Crippen LogP contribution in [0, 0.1) is 0 Å². The van der Waals surface area contributed by atoms with Crippen LogP contribution in [-0.2, 0) is 9.53 Å². The Morgan fingerprint density at radius 3 is 2.56 bits per heavy atom. The van der Waals surface area contributed by atoms with Crippen LogP contribution in [0.3, 0.4) is 0 Å². The van der Waals surface area contributed by atoms with E-state index in [1.54, 1.807) is 0 Å². The van der Waals surface area contributed by atoms with Crippen LogP contribution in [0.1, 0.15) is 51.9 Å². The number of hydrogen-bond donors (Lipinski definition) is 1. The molecule has 0 aromatic rings. The lowest BCUT2D eigenvalue weighted by Crippen LogP contribution is -2.13. The van der Waals surface area contributed by atoms with Gasteiger partial charge >= 0.3 is 5.97 Å². The van der Waals surface area contributed by atoms with E-state index in [2.05, 4.69) is 0 Å². The SMILES string of the molecule is CC1CCCCCCCC(O)/C=C/C(=O)O1. The summed E-state index contributed by atoms with van der Waals surface area (Å²) in [5, 5.41) is 9.55. The van der Waals surface area contributed by atoms with Crippen molar-refractivity contribution >= 4 is 5.97 Å². The number of hydrogen-bond acceptors (Lipinski definition) is 3. The molecule has 1 aliphatic heterocycles. The molecule has 0 spiro atoms. The summed E-state index contributed by atoms with van der Waals surface area (Å²) in [5.74, 6) is -0.342. The maximum absolute atomic E-state index is 11.3. The normalized spacial score (nSPS) is 31.8. The first kappa shape index (κ1) is 13.2. The Balaban J connectivity index is 2.46. The smallest absolute Gasteiger partial charge is 0.330 e. The summed E-state index contributed by atoms with van der Waals surface area (Å²) in [6, 6.07) is 0. The fourth-order valence-electron chi connectivity index (χ4n) is 1.90. The second kappa shape index (κ2) is 7.44. The van der Waals surface area contributed by atoms with Gasteiger partial charge in [0.05, 0.1) is 12.2 Å². The van der Waals surface area contributed by atoms with Crippen LogP contribution in [0.2, 0.25) is 0 Å². The second-order valence-electron chi connectivity index (χ2n) is 4.52. The highest BCUT2D eigenvalue weighted by Gasteiger charge is 2.08. The molecule has 1 N–H and O–H groups in total. The molecule has 0 saturated heterocycles. The Hall–Kier alpha value is -0.830. The molecule has 0 amide bonds. The van der Waals surface area contributed by atoms with E-state index in [1.165, 1.54) is 25.0 Å². The molecule has 1 aliphatic rings. The minimum absolute atomic E-state index is 0.0185. The topological polar surface area (TPSA) is 46.5 Å².